The van der Waals surface area contributed by atoms with Gasteiger partial charge in [-0.1, -0.05) is 12.1 Å². The average Bonchev–Trinajstić information content (AvgIpc) is 2.95. The topological polar surface area (TPSA) is 75.4 Å². The van der Waals surface area contributed by atoms with Crippen LogP contribution in [-0.2, 0) is 0 Å². The number of ether oxygens (including phenoxy) is 1. The number of nitrogens with zero attached hydrogens (tertiary/aromatic N) is 3. The number of hydrogen-bond donors (Lipinski definition) is 2. The van der Waals surface area contributed by atoms with Crippen LogP contribution in [0, 0.1) is 4.77 Å². The lowest BCUT2D eigenvalue weighted by molar-refractivity contribution is 0.242. The standard InChI is InChI=1S/C18H18N4O2S/c1-12(2)24-16-5-3-4-14(10-16)17-20-21-18(25)22(17)19-11-13-6-8-15(23)9-7-13/h3-12,23H,1-2H3,(H,21,25)/b19-11-. The van der Waals surface area contributed by atoms with Gasteiger partial charge >= 0.3 is 0 Å². The minimum atomic E-state index is 0.0867. The maximum Gasteiger partial charge on any atom is 0.216 e. The monoisotopic (exact) mass is 354 g/mol. The van der Waals surface area contributed by atoms with Gasteiger partial charge in [-0.3, -0.25) is 0 Å². The summed E-state index contributed by atoms with van der Waals surface area (Å²) in [5, 5.41) is 20.8. The molecule has 0 aliphatic heterocycles. The molecule has 0 atom stereocenters. The van der Waals surface area contributed by atoms with Gasteiger partial charge in [-0.2, -0.15) is 14.9 Å². The van der Waals surface area contributed by atoms with E-state index < -0.39 is 0 Å². The van der Waals surface area contributed by atoms with Crippen molar-refractivity contribution in [2.75, 3.05) is 0 Å². The zero-order valence-corrected chi connectivity index (χ0v) is 14.7. The molecule has 25 heavy (non-hydrogen) atoms. The Morgan fingerprint density at radius 1 is 1.24 bits per heavy atom. The summed E-state index contributed by atoms with van der Waals surface area (Å²) in [6.07, 6.45) is 1.74. The molecule has 6 nitrogen and oxygen atoms in total. The van der Waals surface area contributed by atoms with Crippen LogP contribution in [0.5, 0.6) is 11.5 Å². The van der Waals surface area contributed by atoms with Crippen LogP contribution in [0.1, 0.15) is 19.4 Å². The molecule has 0 unspecified atom stereocenters. The zero-order valence-electron chi connectivity index (χ0n) is 13.9. The molecule has 0 saturated carbocycles. The number of aromatic hydroxyl groups is 1. The van der Waals surface area contributed by atoms with E-state index in [1.807, 2.05) is 38.1 Å². The number of phenolic OH excluding ortho intramolecular Hbond substituents is 1. The Labute approximate surface area is 150 Å². The Morgan fingerprint density at radius 3 is 2.72 bits per heavy atom. The van der Waals surface area contributed by atoms with E-state index in [1.165, 1.54) is 0 Å². The average molecular weight is 354 g/mol. The fourth-order valence-corrected chi connectivity index (χ4v) is 2.43. The minimum Gasteiger partial charge on any atom is -0.508 e. The highest BCUT2D eigenvalue weighted by atomic mass is 32.1. The van der Waals surface area contributed by atoms with Gasteiger partial charge in [0.25, 0.3) is 0 Å². The summed E-state index contributed by atoms with van der Waals surface area (Å²) in [7, 11) is 0. The van der Waals surface area contributed by atoms with Crippen LogP contribution in [0.2, 0.25) is 0 Å². The van der Waals surface area contributed by atoms with Crippen LogP contribution >= 0.6 is 12.2 Å². The molecule has 128 valence electrons. The summed E-state index contributed by atoms with van der Waals surface area (Å²) in [6, 6.07) is 14.3. The molecule has 0 aliphatic rings. The molecule has 2 aromatic carbocycles. The van der Waals surface area contributed by atoms with Crippen LogP contribution in [0.4, 0.5) is 0 Å². The minimum absolute atomic E-state index is 0.0867. The summed E-state index contributed by atoms with van der Waals surface area (Å²) in [5.74, 6) is 1.56. The van der Waals surface area contributed by atoms with Crippen molar-refractivity contribution in [3.63, 3.8) is 0 Å². The maximum atomic E-state index is 9.34. The van der Waals surface area contributed by atoms with Crippen LogP contribution < -0.4 is 4.74 Å². The first-order chi connectivity index (χ1) is 12.0. The van der Waals surface area contributed by atoms with Gasteiger partial charge in [0.15, 0.2) is 5.82 Å². The first-order valence-corrected chi connectivity index (χ1v) is 8.21. The van der Waals surface area contributed by atoms with Gasteiger partial charge in [0.05, 0.1) is 12.3 Å². The largest absolute Gasteiger partial charge is 0.508 e. The number of phenols is 1. The molecule has 3 aromatic rings. The maximum absolute atomic E-state index is 9.34. The van der Waals surface area contributed by atoms with Gasteiger partial charge in [-0.25, -0.2) is 5.10 Å². The second-order valence-electron chi connectivity index (χ2n) is 5.69. The molecular formula is C18H18N4O2S. The quantitative estimate of drug-likeness (QED) is 0.537. The lowest BCUT2D eigenvalue weighted by Crippen LogP contribution is -2.05. The summed E-state index contributed by atoms with van der Waals surface area (Å²) in [5.41, 5.74) is 1.68. The molecule has 0 saturated heterocycles. The van der Waals surface area contributed by atoms with Gasteiger partial charge in [0.2, 0.25) is 4.77 Å². The van der Waals surface area contributed by atoms with E-state index in [2.05, 4.69) is 15.3 Å². The number of nitrogens with one attached hydrogen (secondary N) is 1. The third kappa shape index (κ3) is 4.13. The van der Waals surface area contributed by atoms with Gasteiger partial charge in [-0.15, -0.1) is 0 Å². The van der Waals surface area contributed by atoms with Gasteiger partial charge in [0.1, 0.15) is 11.5 Å². The number of aromatic amines is 1. The van der Waals surface area contributed by atoms with Crippen molar-refractivity contribution in [2.24, 2.45) is 5.10 Å². The third-order valence-corrected chi connectivity index (χ3v) is 3.59. The van der Waals surface area contributed by atoms with Gasteiger partial charge in [0, 0.05) is 5.56 Å². The van der Waals surface area contributed by atoms with Crippen molar-refractivity contribution >= 4 is 18.4 Å². The molecule has 1 heterocycles. The SMILES string of the molecule is CC(C)Oc1cccc(-c2n[nH]c(=S)n2/N=C\c2ccc(O)cc2)c1. The van der Waals surface area contributed by atoms with E-state index in [1.54, 1.807) is 35.2 Å². The van der Waals surface area contributed by atoms with Crippen LogP contribution in [0.15, 0.2) is 53.6 Å². The molecular weight excluding hydrogens is 336 g/mol. The second-order valence-corrected chi connectivity index (χ2v) is 6.08. The molecule has 7 heteroatoms. The van der Waals surface area contributed by atoms with Crippen LogP contribution in [-0.4, -0.2) is 32.3 Å². The molecule has 3 rings (SSSR count). The van der Waals surface area contributed by atoms with Crippen molar-refractivity contribution in [1.82, 2.24) is 14.9 Å². The Hall–Kier alpha value is -2.93. The number of aromatic nitrogens is 3. The van der Waals surface area contributed by atoms with E-state index in [0.29, 0.717) is 10.6 Å². The Morgan fingerprint density at radius 2 is 2.00 bits per heavy atom. The molecule has 0 amide bonds. The number of rotatable bonds is 5. The predicted octanol–water partition coefficient (Wildman–Crippen LogP) is 3.98. The highest BCUT2D eigenvalue weighted by Crippen LogP contribution is 2.23. The van der Waals surface area contributed by atoms with Crippen molar-refractivity contribution in [3.8, 4) is 22.9 Å². The first kappa shape index (κ1) is 16.9. The number of H-pyrrole nitrogens is 1. The normalized spacial score (nSPS) is 11.3. The fourth-order valence-electron chi connectivity index (χ4n) is 2.25. The summed E-state index contributed by atoms with van der Waals surface area (Å²) >= 11 is 5.27. The van der Waals surface area contributed by atoms with Crippen molar-refractivity contribution in [2.45, 2.75) is 20.0 Å². The number of hydrogen-bond acceptors (Lipinski definition) is 5. The predicted molar refractivity (Wildman–Crippen MR) is 99.7 cm³/mol. The lowest BCUT2D eigenvalue weighted by atomic mass is 10.2. The van der Waals surface area contributed by atoms with Crippen LogP contribution in [0.3, 0.4) is 0 Å². The highest BCUT2D eigenvalue weighted by Gasteiger charge is 2.09. The molecule has 0 fully saturated rings. The summed E-state index contributed by atoms with van der Waals surface area (Å²) < 4.78 is 7.67. The Kier molecular flexibility index (Phi) is 4.95. The molecule has 0 radical (unpaired) electrons. The van der Waals surface area contributed by atoms with Crippen molar-refractivity contribution in [3.05, 3.63) is 58.9 Å². The summed E-state index contributed by atoms with van der Waals surface area (Å²) in [6.45, 7) is 3.95. The van der Waals surface area contributed by atoms with E-state index in [0.717, 1.165) is 16.9 Å². The highest BCUT2D eigenvalue weighted by molar-refractivity contribution is 7.71. The van der Waals surface area contributed by atoms with E-state index >= 15 is 0 Å². The second kappa shape index (κ2) is 7.31. The fraction of sp³-hybridized carbons (Fsp3) is 0.167. The molecule has 1 aromatic heterocycles. The summed E-state index contributed by atoms with van der Waals surface area (Å²) in [4.78, 5) is 0. The number of benzene rings is 2. The molecule has 2 N–H and O–H groups in total. The molecule has 0 bridgehead atoms. The van der Waals surface area contributed by atoms with Crippen molar-refractivity contribution in [1.29, 1.82) is 0 Å². The smallest absolute Gasteiger partial charge is 0.216 e. The molecule has 0 aliphatic carbocycles. The van der Waals surface area contributed by atoms with E-state index in [4.69, 9.17) is 17.0 Å². The Balaban J connectivity index is 1.94. The van der Waals surface area contributed by atoms with Crippen molar-refractivity contribution < 1.29 is 9.84 Å². The van der Waals surface area contributed by atoms with Crippen LogP contribution in [0.25, 0.3) is 11.4 Å². The van der Waals surface area contributed by atoms with E-state index in [9.17, 15) is 5.11 Å². The van der Waals surface area contributed by atoms with Gasteiger partial charge in [-0.05, 0) is 68.0 Å². The lowest BCUT2D eigenvalue weighted by Gasteiger charge is -2.10. The van der Waals surface area contributed by atoms with E-state index in [-0.39, 0.29) is 11.9 Å². The first-order valence-electron chi connectivity index (χ1n) is 7.81. The third-order valence-electron chi connectivity index (χ3n) is 3.33. The molecule has 0 spiro atoms. The zero-order chi connectivity index (χ0) is 17.8. The Bertz CT molecular complexity index is 942. The van der Waals surface area contributed by atoms with Gasteiger partial charge < -0.3 is 9.84 Å².